The number of benzene rings is 1. The summed E-state index contributed by atoms with van der Waals surface area (Å²) < 4.78 is 1.00. The summed E-state index contributed by atoms with van der Waals surface area (Å²) in [6, 6.07) is 4.66. The zero-order chi connectivity index (χ0) is 14.8. The molecule has 106 valence electrons. The molecule has 1 aromatic heterocycles. The summed E-state index contributed by atoms with van der Waals surface area (Å²) in [5, 5.41) is 23.0. The van der Waals surface area contributed by atoms with Crippen LogP contribution >= 0.6 is 11.3 Å². The van der Waals surface area contributed by atoms with Gasteiger partial charge in [0.2, 0.25) is 0 Å². The lowest BCUT2D eigenvalue weighted by Crippen LogP contribution is -2.47. The largest absolute Gasteiger partial charge is 0.479 e. The van der Waals surface area contributed by atoms with Crippen LogP contribution in [0.4, 0.5) is 10.5 Å². The van der Waals surface area contributed by atoms with Gasteiger partial charge in [-0.3, -0.25) is 0 Å². The molecule has 0 saturated heterocycles. The molecule has 0 aliphatic rings. The number of fused-ring (bicyclic) bond motifs is 1. The molecule has 0 aliphatic heterocycles. The maximum Gasteiger partial charge on any atom is 0.337 e. The van der Waals surface area contributed by atoms with Gasteiger partial charge in [0.05, 0.1) is 22.3 Å². The molecule has 0 spiro atoms. The van der Waals surface area contributed by atoms with Gasteiger partial charge in [0, 0.05) is 5.69 Å². The van der Waals surface area contributed by atoms with Crippen LogP contribution in [0.5, 0.6) is 0 Å². The van der Waals surface area contributed by atoms with Crippen LogP contribution in [0.1, 0.15) is 6.92 Å². The fraction of sp³-hybridized carbons (Fsp3) is 0.250. The molecular formula is C12H13N3O4S. The van der Waals surface area contributed by atoms with Gasteiger partial charge < -0.3 is 20.8 Å². The lowest BCUT2D eigenvalue weighted by molar-refractivity contribution is -0.155. The quantitative estimate of drug-likeness (QED) is 0.678. The first-order chi connectivity index (χ1) is 9.38. The summed E-state index contributed by atoms with van der Waals surface area (Å²) in [5.41, 5.74) is 1.01. The van der Waals surface area contributed by atoms with E-state index in [1.54, 1.807) is 17.6 Å². The van der Waals surface area contributed by atoms with Crippen molar-refractivity contribution in [1.82, 2.24) is 10.3 Å². The van der Waals surface area contributed by atoms with Crippen molar-refractivity contribution in [2.45, 2.75) is 12.5 Å². The highest BCUT2D eigenvalue weighted by atomic mass is 32.1. The molecule has 2 rings (SSSR count). The second-order valence-electron chi connectivity index (χ2n) is 4.42. The van der Waals surface area contributed by atoms with E-state index in [0.29, 0.717) is 5.69 Å². The third-order valence-corrected chi connectivity index (χ3v) is 3.45. The zero-order valence-corrected chi connectivity index (χ0v) is 11.4. The number of carbonyl (C=O) groups is 2. The Balaban J connectivity index is 1.96. The molecule has 0 aliphatic carbocycles. The maximum absolute atomic E-state index is 11.6. The first-order valence-electron chi connectivity index (χ1n) is 5.72. The highest BCUT2D eigenvalue weighted by Crippen LogP contribution is 2.21. The minimum atomic E-state index is -2.00. The normalized spacial score (nSPS) is 13.7. The molecule has 0 bridgehead atoms. The van der Waals surface area contributed by atoms with Crippen molar-refractivity contribution >= 4 is 39.2 Å². The summed E-state index contributed by atoms with van der Waals surface area (Å²) in [6.45, 7) is 0.712. The van der Waals surface area contributed by atoms with Crippen molar-refractivity contribution in [1.29, 1.82) is 0 Å². The molecule has 0 fully saturated rings. The number of rotatable bonds is 4. The predicted molar refractivity (Wildman–Crippen MR) is 74.9 cm³/mol. The monoisotopic (exact) mass is 295 g/mol. The van der Waals surface area contributed by atoms with E-state index in [-0.39, 0.29) is 0 Å². The van der Waals surface area contributed by atoms with Crippen molar-refractivity contribution in [3.63, 3.8) is 0 Å². The van der Waals surface area contributed by atoms with E-state index >= 15 is 0 Å². The average Bonchev–Trinajstić information content (AvgIpc) is 2.83. The van der Waals surface area contributed by atoms with Gasteiger partial charge in [-0.2, -0.15) is 0 Å². The summed E-state index contributed by atoms with van der Waals surface area (Å²) >= 11 is 1.49. The van der Waals surface area contributed by atoms with E-state index in [2.05, 4.69) is 15.6 Å². The third-order valence-electron chi connectivity index (χ3n) is 2.64. The Bertz CT molecular complexity index is 653. The number of thiazole rings is 1. The lowest BCUT2D eigenvalue weighted by atomic mass is 10.1. The number of hydrogen-bond acceptors (Lipinski definition) is 5. The number of aliphatic hydroxyl groups is 1. The molecule has 0 saturated carbocycles. The van der Waals surface area contributed by atoms with E-state index in [4.69, 9.17) is 5.11 Å². The van der Waals surface area contributed by atoms with Crippen LogP contribution < -0.4 is 10.6 Å². The number of carbonyl (C=O) groups excluding carboxylic acids is 1. The smallest absolute Gasteiger partial charge is 0.337 e. The number of nitrogens with zero attached hydrogens (tertiary/aromatic N) is 1. The second kappa shape index (κ2) is 5.43. The lowest BCUT2D eigenvalue weighted by Gasteiger charge is -2.18. The molecule has 1 heterocycles. The van der Waals surface area contributed by atoms with Gasteiger partial charge in [0.1, 0.15) is 0 Å². The van der Waals surface area contributed by atoms with Gasteiger partial charge in [-0.15, -0.1) is 11.3 Å². The Kier molecular flexibility index (Phi) is 3.86. The van der Waals surface area contributed by atoms with Crippen LogP contribution in [-0.2, 0) is 4.79 Å². The average molecular weight is 295 g/mol. The van der Waals surface area contributed by atoms with Crippen molar-refractivity contribution in [3.05, 3.63) is 23.7 Å². The number of aliphatic carboxylic acids is 1. The zero-order valence-electron chi connectivity index (χ0n) is 10.6. The highest BCUT2D eigenvalue weighted by molar-refractivity contribution is 7.16. The summed E-state index contributed by atoms with van der Waals surface area (Å²) in [5.74, 6) is -1.40. The Labute approximate surface area is 118 Å². The van der Waals surface area contributed by atoms with Crippen molar-refractivity contribution in [3.8, 4) is 0 Å². The van der Waals surface area contributed by atoms with E-state index < -0.39 is 24.1 Å². The Hall–Kier alpha value is -2.19. The number of urea groups is 1. The fourth-order valence-corrected chi connectivity index (χ4v) is 2.10. The molecule has 7 nitrogen and oxygen atoms in total. The number of hydrogen-bond donors (Lipinski definition) is 4. The summed E-state index contributed by atoms with van der Waals surface area (Å²) in [4.78, 5) is 26.4. The summed E-state index contributed by atoms with van der Waals surface area (Å²) in [6.07, 6.45) is 0. The first kappa shape index (κ1) is 14.2. The van der Waals surface area contributed by atoms with Crippen molar-refractivity contribution < 1.29 is 19.8 Å². The van der Waals surface area contributed by atoms with Crippen LogP contribution in [0.25, 0.3) is 10.2 Å². The van der Waals surface area contributed by atoms with Gasteiger partial charge in [-0.05, 0) is 25.1 Å². The van der Waals surface area contributed by atoms with E-state index in [1.807, 2.05) is 6.07 Å². The molecule has 1 atom stereocenters. The van der Waals surface area contributed by atoms with E-state index in [0.717, 1.165) is 17.1 Å². The van der Waals surface area contributed by atoms with Crippen LogP contribution in [0.15, 0.2) is 23.7 Å². The molecule has 20 heavy (non-hydrogen) atoms. The van der Waals surface area contributed by atoms with Crippen molar-refractivity contribution in [2.24, 2.45) is 0 Å². The maximum atomic E-state index is 11.6. The second-order valence-corrected chi connectivity index (χ2v) is 5.31. The number of nitrogens with one attached hydrogen (secondary N) is 2. The molecule has 2 aromatic rings. The molecule has 0 radical (unpaired) electrons. The van der Waals surface area contributed by atoms with Gasteiger partial charge in [0.25, 0.3) is 0 Å². The fourth-order valence-electron chi connectivity index (χ4n) is 1.44. The number of carboxylic acids is 1. The SMILES string of the molecule is CC(O)(CNC(=O)Nc1ccc2scnc2c1)C(=O)O. The minimum absolute atomic E-state index is 0.396. The highest BCUT2D eigenvalue weighted by Gasteiger charge is 2.30. The van der Waals surface area contributed by atoms with Gasteiger partial charge in [-0.1, -0.05) is 0 Å². The van der Waals surface area contributed by atoms with Gasteiger partial charge >= 0.3 is 12.0 Å². The standard InChI is InChI=1S/C12H13N3O4S/c1-12(19,10(16)17)5-13-11(18)15-7-2-3-9-8(4-7)14-6-20-9/h2-4,6,19H,5H2,1H3,(H,16,17)(H2,13,15,18). The Morgan fingerprint density at radius 2 is 2.20 bits per heavy atom. The predicted octanol–water partition coefficient (Wildman–Crippen LogP) is 1.25. The minimum Gasteiger partial charge on any atom is -0.479 e. The number of amides is 2. The van der Waals surface area contributed by atoms with Gasteiger partial charge in [-0.25, -0.2) is 14.6 Å². The van der Waals surface area contributed by atoms with Crippen LogP contribution in [0, 0.1) is 0 Å². The molecule has 8 heteroatoms. The summed E-state index contributed by atoms with van der Waals surface area (Å²) in [7, 11) is 0. The Morgan fingerprint density at radius 1 is 1.45 bits per heavy atom. The molecule has 1 aromatic carbocycles. The topological polar surface area (TPSA) is 112 Å². The van der Waals surface area contributed by atoms with Crippen molar-refractivity contribution in [2.75, 3.05) is 11.9 Å². The van der Waals surface area contributed by atoms with E-state index in [1.165, 1.54) is 11.3 Å². The molecule has 2 amide bonds. The molecular weight excluding hydrogens is 282 g/mol. The Morgan fingerprint density at radius 3 is 2.90 bits per heavy atom. The van der Waals surface area contributed by atoms with Crippen LogP contribution in [-0.4, -0.2) is 39.3 Å². The number of aromatic nitrogens is 1. The molecule has 4 N–H and O–H groups in total. The first-order valence-corrected chi connectivity index (χ1v) is 6.60. The van der Waals surface area contributed by atoms with Crippen LogP contribution in [0.3, 0.4) is 0 Å². The number of anilines is 1. The molecule has 1 unspecified atom stereocenters. The van der Waals surface area contributed by atoms with Crippen LogP contribution in [0.2, 0.25) is 0 Å². The van der Waals surface area contributed by atoms with E-state index in [9.17, 15) is 14.7 Å². The van der Waals surface area contributed by atoms with Gasteiger partial charge in [0.15, 0.2) is 5.60 Å². The third kappa shape index (κ3) is 3.22. The number of carboxylic acid groups (broad SMARTS) is 1.